The van der Waals surface area contributed by atoms with Crippen molar-refractivity contribution in [2.45, 2.75) is 11.8 Å². The van der Waals surface area contributed by atoms with Crippen LogP contribution in [0.15, 0.2) is 71.6 Å². The molecule has 34 heavy (non-hydrogen) atoms. The molecule has 1 aliphatic carbocycles. The van der Waals surface area contributed by atoms with Gasteiger partial charge in [-0.3, -0.25) is 9.59 Å². The highest BCUT2D eigenvalue weighted by Crippen LogP contribution is 2.36. The SMILES string of the molecule is CCN1CCN(S(=O)(=O)c2ccc(NC(=O)c3ccc4c(c3)C(=O)c3ccccc3-4)cc2)CC1. The van der Waals surface area contributed by atoms with Gasteiger partial charge in [-0.25, -0.2) is 8.42 Å². The summed E-state index contributed by atoms with van der Waals surface area (Å²) in [6.45, 7) is 5.35. The largest absolute Gasteiger partial charge is 0.322 e. The Morgan fingerprint density at radius 3 is 2.18 bits per heavy atom. The summed E-state index contributed by atoms with van der Waals surface area (Å²) < 4.78 is 27.4. The normalized spacial score (nSPS) is 16.2. The van der Waals surface area contributed by atoms with E-state index < -0.39 is 10.0 Å². The second-order valence-corrected chi connectivity index (χ2v) is 10.4. The van der Waals surface area contributed by atoms with Crippen LogP contribution in [-0.2, 0) is 10.0 Å². The van der Waals surface area contributed by atoms with Gasteiger partial charge in [0.15, 0.2) is 5.78 Å². The molecular weight excluding hydrogens is 450 g/mol. The number of ketones is 1. The van der Waals surface area contributed by atoms with Gasteiger partial charge in [0.25, 0.3) is 5.91 Å². The highest BCUT2D eigenvalue weighted by atomic mass is 32.2. The van der Waals surface area contributed by atoms with Gasteiger partial charge in [-0.2, -0.15) is 4.31 Å². The maximum Gasteiger partial charge on any atom is 0.255 e. The molecule has 1 heterocycles. The molecule has 0 atom stereocenters. The zero-order valence-corrected chi connectivity index (χ0v) is 19.6. The van der Waals surface area contributed by atoms with Crippen LogP contribution in [0, 0.1) is 0 Å². The third kappa shape index (κ3) is 3.94. The number of fused-ring (bicyclic) bond motifs is 3. The van der Waals surface area contributed by atoms with E-state index in [1.807, 2.05) is 18.2 Å². The predicted molar refractivity (Wildman–Crippen MR) is 131 cm³/mol. The minimum atomic E-state index is -3.57. The molecule has 1 aliphatic heterocycles. The lowest BCUT2D eigenvalue weighted by molar-refractivity contribution is 0.102. The number of hydrogen-bond acceptors (Lipinski definition) is 5. The third-order valence-corrected chi connectivity index (χ3v) is 8.43. The van der Waals surface area contributed by atoms with Crippen molar-refractivity contribution in [2.24, 2.45) is 0 Å². The number of carbonyl (C=O) groups is 2. The highest BCUT2D eigenvalue weighted by Gasteiger charge is 2.29. The number of rotatable bonds is 5. The van der Waals surface area contributed by atoms with Gasteiger partial charge in [0.1, 0.15) is 0 Å². The smallest absolute Gasteiger partial charge is 0.255 e. The van der Waals surface area contributed by atoms with Crippen LogP contribution in [0.5, 0.6) is 0 Å². The van der Waals surface area contributed by atoms with Crippen LogP contribution >= 0.6 is 0 Å². The second kappa shape index (κ2) is 8.79. The Morgan fingerprint density at radius 2 is 1.50 bits per heavy atom. The topological polar surface area (TPSA) is 86.8 Å². The molecule has 3 aromatic carbocycles. The van der Waals surface area contributed by atoms with Gasteiger partial charge in [-0.1, -0.05) is 37.3 Å². The van der Waals surface area contributed by atoms with Crippen molar-refractivity contribution in [3.05, 3.63) is 83.4 Å². The number of benzene rings is 3. The van der Waals surface area contributed by atoms with Gasteiger partial charge < -0.3 is 10.2 Å². The Labute approximate surface area is 199 Å². The average Bonchev–Trinajstić information content (AvgIpc) is 3.16. The van der Waals surface area contributed by atoms with E-state index in [0.29, 0.717) is 35.5 Å². The first-order valence-corrected chi connectivity index (χ1v) is 12.7. The third-order valence-electron chi connectivity index (χ3n) is 6.52. The number of nitrogens with zero attached hydrogens (tertiary/aromatic N) is 2. The van der Waals surface area contributed by atoms with E-state index in [9.17, 15) is 18.0 Å². The maximum atomic E-state index is 13.0. The number of carbonyl (C=O) groups excluding carboxylic acids is 2. The van der Waals surface area contributed by atoms with Gasteiger partial charge in [-0.15, -0.1) is 0 Å². The van der Waals surface area contributed by atoms with E-state index in [0.717, 1.165) is 30.8 Å². The summed E-state index contributed by atoms with van der Waals surface area (Å²) in [5.74, 6) is -0.451. The summed E-state index contributed by atoms with van der Waals surface area (Å²) in [4.78, 5) is 28.0. The van der Waals surface area contributed by atoms with Crippen molar-refractivity contribution in [3.63, 3.8) is 0 Å². The molecule has 0 aromatic heterocycles. The second-order valence-electron chi connectivity index (χ2n) is 8.45. The Balaban J connectivity index is 1.30. The summed E-state index contributed by atoms with van der Waals surface area (Å²) in [5.41, 5.74) is 3.70. The zero-order valence-electron chi connectivity index (χ0n) is 18.8. The van der Waals surface area contributed by atoms with E-state index in [2.05, 4.69) is 17.1 Å². The van der Waals surface area contributed by atoms with Crippen molar-refractivity contribution < 1.29 is 18.0 Å². The lowest BCUT2D eigenvalue weighted by Gasteiger charge is -2.33. The van der Waals surface area contributed by atoms with E-state index in [1.165, 1.54) is 16.4 Å². The van der Waals surface area contributed by atoms with Crippen LogP contribution < -0.4 is 5.32 Å². The molecule has 3 aromatic rings. The molecule has 0 radical (unpaired) electrons. The van der Waals surface area contributed by atoms with E-state index in [4.69, 9.17) is 0 Å². The molecule has 0 spiro atoms. The monoisotopic (exact) mass is 475 g/mol. The maximum absolute atomic E-state index is 13.0. The van der Waals surface area contributed by atoms with E-state index in [-0.39, 0.29) is 16.6 Å². The van der Waals surface area contributed by atoms with Crippen molar-refractivity contribution >= 4 is 27.4 Å². The molecule has 1 amide bonds. The molecular formula is C26H25N3O4S. The van der Waals surface area contributed by atoms with Gasteiger partial charge >= 0.3 is 0 Å². The first-order chi connectivity index (χ1) is 16.4. The molecule has 1 saturated heterocycles. The average molecular weight is 476 g/mol. The molecule has 8 heteroatoms. The molecule has 0 unspecified atom stereocenters. The van der Waals surface area contributed by atoms with Crippen LogP contribution in [-0.4, -0.2) is 62.0 Å². The first-order valence-electron chi connectivity index (χ1n) is 11.3. The lowest BCUT2D eigenvalue weighted by atomic mass is 10.0. The number of anilines is 1. The van der Waals surface area contributed by atoms with Crippen molar-refractivity contribution in [1.82, 2.24) is 9.21 Å². The van der Waals surface area contributed by atoms with Gasteiger partial charge in [0.2, 0.25) is 10.0 Å². The molecule has 174 valence electrons. The number of likely N-dealkylation sites (N-methyl/N-ethyl adjacent to an activating group) is 1. The number of nitrogens with one attached hydrogen (secondary N) is 1. The predicted octanol–water partition coefficient (Wildman–Crippen LogP) is 3.48. The number of hydrogen-bond donors (Lipinski definition) is 1. The van der Waals surface area contributed by atoms with Crippen LogP contribution in [0.25, 0.3) is 11.1 Å². The quantitative estimate of drug-likeness (QED) is 0.478. The molecule has 2 aliphatic rings. The van der Waals surface area contributed by atoms with Crippen molar-refractivity contribution in [2.75, 3.05) is 38.0 Å². The fraction of sp³-hybridized carbons (Fsp3) is 0.231. The molecule has 1 N–H and O–H groups in total. The van der Waals surface area contributed by atoms with Gasteiger partial charge in [0.05, 0.1) is 4.90 Å². The minimum Gasteiger partial charge on any atom is -0.322 e. The molecule has 0 bridgehead atoms. The van der Waals surface area contributed by atoms with Crippen LogP contribution in [0.3, 0.4) is 0 Å². The van der Waals surface area contributed by atoms with Crippen LogP contribution in [0.1, 0.15) is 33.2 Å². The Hall–Kier alpha value is -3.33. The van der Waals surface area contributed by atoms with Crippen LogP contribution in [0.2, 0.25) is 0 Å². The van der Waals surface area contributed by atoms with Gasteiger partial charge in [-0.05, 0) is 54.1 Å². The number of sulfonamides is 1. The van der Waals surface area contributed by atoms with Gasteiger partial charge in [0, 0.05) is 48.6 Å². The Morgan fingerprint density at radius 1 is 0.853 bits per heavy atom. The molecule has 1 fully saturated rings. The van der Waals surface area contributed by atoms with Crippen LogP contribution in [0.4, 0.5) is 5.69 Å². The standard InChI is InChI=1S/C26H25N3O4S/c1-2-28-13-15-29(16-14-28)34(32,33)20-10-8-19(9-11-20)27-26(31)18-7-12-22-21-5-3-4-6-23(21)25(30)24(22)17-18/h3-12,17H,2,13-16H2,1H3,(H,27,31). The molecule has 0 saturated carbocycles. The summed E-state index contributed by atoms with van der Waals surface area (Å²) in [6.07, 6.45) is 0. The number of amides is 1. The Bertz CT molecular complexity index is 1380. The van der Waals surface area contributed by atoms with Crippen molar-refractivity contribution in [1.29, 1.82) is 0 Å². The molecule has 5 rings (SSSR count). The fourth-order valence-electron chi connectivity index (χ4n) is 4.52. The fourth-order valence-corrected chi connectivity index (χ4v) is 5.94. The summed E-state index contributed by atoms with van der Waals surface area (Å²) >= 11 is 0. The summed E-state index contributed by atoms with van der Waals surface area (Å²) in [5, 5.41) is 2.79. The minimum absolute atomic E-state index is 0.0884. The number of piperazine rings is 1. The zero-order chi connectivity index (χ0) is 23.9. The highest BCUT2D eigenvalue weighted by molar-refractivity contribution is 7.89. The summed E-state index contributed by atoms with van der Waals surface area (Å²) in [7, 11) is -3.57. The Kier molecular flexibility index (Phi) is 5.81. The van der Waals surface area contributed by atoms with E-state index in [1.54, 1.807) is 36.4 Å². The van der Waals surface area contributed by atoms with Crippen molar-refractivity contribution in [3.8, 4) is 11.1 Å². The van der Waals surface area contributed by atoms with E-state index >= 15 is 0 Å². The first kappa shape index (κ1) is 22.5. The molecule has 7 nitrogen and oxygen atoms in total. The summed E-state index contributed by atoms with van der Waals surface area (Å²) in [6, 6.07) is 18.7. The lowest BCUT2D eigenvalue weighted by Crippen LogP contribution is -2.48.